The summed E-state index contributed by atoms with van der Waals surface area (Å²) < 4.78 is 16.6. The quantitative estimate of drug-likeness (QED) is 0.736. The number of hydrogen-bond donors (Lipinski definition) is 2. The van der Waals surface area contributed by atoms with Crippen molar-refractivity contribution < 1.29 is 24.1 Å². The number of nitrogens with zero attached hydrogens (tertiary/aromatic N) is 1. The van der Waals surface area contributed by atoms with Gasteiger partial charge in [0.25, 0.3) is 5.56 Å². The van der Waals surface area contributed by atoms with E-state index in [0.717, 1.165) is 12.8 Å². The van der Waals surface area contributed by atoms with Crippen LogP contribution >= 0.6 is 0 Å². The van der Waals surface area contributed by atoms with E-state index in [1.807, 2.05) is 0 Å². The van der Waals surface area contributed by atoms with Gasteiger partial charge < -0.3 is 19.3 Å². The minimum absolute atomic E-state index is 0.0626. The summed E-state index contributed by atoms with van der Waals surface area (Å²) in [6, 6.07) is 0. The van der Waals surface area contributed by atoms with E-state index < -0.39 is 35.8 Å². The van der Waals surface area contributed by atoms with Gasteiger partial charge in [0.05, 0.1) is 6.10 Å². The standard InChI is InChI=1S/C14H18N2O7/c1-7-5-16(13(19)15-12(7)18)11-4-9(17)10(23-11)6-21-14(20)22-8-2-3-8/h5,8-11,17H,2-4,6H2,1H3,(H,15,18,19)/t9-,10+,11+/m0/s1. The second-order valence-electron chi connectivity index (χ2n) is 5.79. The van der Waals surface area contributed by atoms with Crippen molar-refractivity contribution in [2.24, 2.45) is 0 Å². The third kappa shape index (κ3) is 3.62. The Morgan fingerprint density at radius 2 is 2.22 bits per heavy atom. The maximum atomic E-state index is 11.8. The SMILES string of the molecule is Cc1cn([C@H]2C[C@H](O)[C@@H](COC(=O)OC3CC3)O2)c(=O)[nH]c1=O. The van der Waals surface area contributed by atoms with Crippen LogP contribution in [0.15, 0.2) is 15.8 Å². The molecule has 0 unspecified atom stereocenters. The number of nitrogens with one attached hydrogen (secondary N) is 1. The summed E-state index contributed by atoms with van der Waals surface area (Å²) in [5.41, 5.74) is -0.726. The molecule has 0 radical (unpaired) electrons. The van der Waals surface area contributed by atoms with Gasteiger partial charge in [0.15, 0.2) is 0 Å². The molecule has 126 valence electrons. The van der Waals surface area contributed by atoms with Crippen LogP contribution in [0.25, 0.3) is 0 Å². The fraction of sp³-hybridized carbons (Fsp3) is 0.643. The predicted octanol–water partition coefficient (Wildman–Crippen LogP) is -0.191. The fourth-order valence-electron chi connectivity index (χ4n) is 2.34. The number of carbonyl (C=O) groups is 1. The first-order valence-electron chi connectivity index (χ1n) is 7.43. The molecule has 0 aromatic carbocycles. The third-order valence-electron chi connectivity index (χ3n) is 3.81. The van der Waals surface area contributed by atoms with Crippen LogP contribution in [-0.2, 0) is 14.2 Å². The third-order valence-corrected chi connectivity index (χ3v) is 3.81. The van der Waals surface area contributed by atoms with Gasteiger partial charge in [-0.05, 0) is 19.8 Å². The smallest absolute Gasteiger partial charge is 0.431 e. The van der Waals surface area contributed by atoms with Gasteiger partial charge in [-0.3, -0.25) is 14.3 Å². The first-order valence-corrected chi connectivity index (χ1v) is 7.43. The number of carbonyl (C=O) groups excluding carboxylic acids is 1. The molecule has 1 aromatic rings. The lowest BCUT2D eigenvalue weighted by Gasteiger charge is -2.16. The van der Waals surface area contributed by atoms with Crippen LogP contribution < -0.4 is 11.2 Å². The number of aryl methyl sites for hydroxylation is 1. The zero-order valence-electron chi connectivity index (χ0n) is 12.6. The molecule has 2 N–H and O–H groups in total. The Hall–Kier alpha value is -2.13. The molecular weight excluding hydrogens is 308 g/mol. The van der Waals surface area contributed by atoms with Crippen molar-refractivity contribution in [1.82, 2.24) is 9.55 Å². The lowest BCUT2D eigenvalue weighted by molar-refractivity contribution is -0.0595. The lowest BCUT2D eigenvalue weighted by atomic mass is 10.2. The van der Waals surface area contributed by atoms with Gasteiger partial charge in [0, 0.05) is 18.2 Å². The van der Waals surface area contributed by atoms with E-state index in [0.29, 0.717) is 5.56 Å². The zero-order chi connectivity index (χ0) is 16.6. The summed E-state index contributed by atoms with van der Waals surface area (Å²) in [5.74, 6) is 0. The Balaban J connectivity index is 1.61. The predicted molar refractivity (Wildman–Crippen MR) is 76.0 cm³/mol. The van der Waals surface area contributed by atoms with E-state index in [1.54, 1.807) is 6.92 Å². The molecule has 1 saturated heterocycles. The van der Waals surface area contributed by atoms with Crippen molar-refractivity contribution >= 4 is 6.16 Å². The number of aliphatic hydroxyl groups excluding tert-OH is 1. The van der Waals surface area contributed by atoms with Crippen molar-refractivity contribution in [3.63, 3.8) is 0 Å². The highest BCUT2D eigenvalue weighted by atomic mass is 16.7. The summed E-state index contributed by atoms with van der Waals surface area (Å²) in [5, 5.41) is 10.00. The van der Waals surface area contributed by atoms with Crippen molar-refractivity contribution in [1.29, 1.82) is 0 Å². The molecule has 9 nitrogen and oxygen atoms in total. The van der Waals surface area contributed by atoms with Gasteiger partial charge in [0.2, 0.25) is 0 Å². The Labute approximate surface area is 130 Å². The van der Waals surface area contributed by atoms with Crippen LogP contribution in [0.4, 0.5) is 4.79 Å². The first-order chi connectivity index (χ1) is 10.9. The van der Waals surface area contributed by atoms with E-state index in [4.69, 9.17) is 14.2 Å². The molecule has 0 spiro atoms. The highest BCUT2D eigenvalue weighted by Gasteiger charge is 2.37. The lowest BCUT2D eigenvalue weighted by Crippen LogP contribution is -2.33. The number of H-pyrrole nitrogens is 1. The molecule has 1 aliphatic carbocycles. The van der Waals surface area contributed by atoms with E-state index in [1.165, 1.54) is 10.8 Å². The molecule has 2 fully saturated rings. The highest BCUT2D eigenvalue weighted by Crippen LogP contribution is 2.28. The maximum absolute atomic E-state index is 11.8. The van der Waals surface area contributed by atoms with Crippen molar-refractivity contribution in [3.05, 3.63) is 32.6 Å². The Morgan fingerprint density at radius 1 is 1.48 bits per heavy atom. The number of rotatable bonds is 4. The Bertz CT molecular complexity index is 706. The summed E-state index contributed by atoms with van der Waals surface area (Å²) >= 11 is 0. The molecule has 0 bridgehead atoms. The second-order valence-corrected chi connectivity index (χ2v) is 5.79. The Kier molecular flexibility index (Phi) is 4.22. The van der Waals surface area contributed by atoms with Gasteiger partial charge in [0.1, 0.15) is 25.0 Å². The number of aromatic nitrogens is 2. The van der Waals surface area contributed by atoms with Crippen LogP contribution in [0.1, 0.15) is 31.1 Å². The summed E-state index contributed by atoms with van der Waals surface area (Å²) in [4.78, 5) is 36.7. The molecule has 3 atom stereocenters. The highest BCUT2D eigenvalue weighted by molar-refractivity contribution is 5.60. The zero-order valence-corrected chi connectivity index (χ0v) is 12.6. The molecule has 9 heteroatoms. The molecule has 0 amide bonds. The maximum Gasteiger partial charge on any atom is 0.508 e. The van der Waals surface area contributed by atoms with E-state index in [9.17, 15) is 19.5 Å². The average molecular weight is 326 g/mol. The molecule has 23 heavy (non-hydrogen) atoms. The largest absolute Gasteiger partial charge is 0.508 e. The van der Waals surface area contributed by atoms with E-state index in [-0.39, 0.29) is 19.1 Å². The summed E-state index contributed by atoms with van der Waals surface area (Å²) in [7, 11) is 0. The van der Waals surface area contributed by atoms with Gasteiger partial charge in [-0.1, -0.05) is 0 Å². The van der Waals surface area contributed by atoms with Gasteiger partial charge in [-0.2, -0.15) is 0 Å². The molecule has 1 saturated carbocycles. The minimum atomic E-state index is -0.896. The first kappa shape index (κ1) is 15.8. The fourth-order valence-corrected chi connectivity index (χ4v) is 2.34. The second kappa shape index (κ2) is 6.17. The molecule has 3 rings (SSSR count). The monoisotopic (exact) mass is 326 g/mol. The Morgan fingerprint density at radius 3 is 2.91 bits per heavy atom. The minimum Gasteiger partial charge on any atom is -0.431 e. The number of aromatic amines is 1. The summed E-state index contributed by atoms with van der Waals surface area (Å²) in [6.45, 7) is 1.40. The van der Waals surface area contributed by atoms with Gasteiger partial charge >= 0.3 is 11.8 Å². The van der Waals surface area contributed by atoms with E-state index in [2.05, 4.69) is 4.98 Å². The molecule has 2 aliphatic rings. The molecular formula is C14H18N2O7. The summed E-state index contributed by atoms with van der Waals surface area (Å²) in [6.07, 6.45) is -0.0288. The van der Waals surface area contributed by atoms with Crippen LogP contribution in [-0.4, -0.2) is 45.7 Å². The topological polar surface area (TPSA) is 120 Å². The molecule has 1 aliphatic heterocycles. The van der Waals surface area contributed by atoms with E-state index >= 15 is 0 Å². The number of hydrogen-bond acceptors (Lipinski definition) is 7. The number of aliphatic hydroxyl groups is 1. The van der Waals surface area contributed by atoms with Crippen LogP contribution in [0.2, 0.25) is 0 Å². The van der Waals surface area contributed by atoms with Crippen LogP contribution in [0, 0.1) is 6.92 Å². The molecule has 2 heterocycles. The van der Waals surface area contributed by atoms with Crippen molar-refractivity contribution in [2.45, 2.75) is 50.7 Å². The van der Waals surface area contributed by atoms with Crippen molar-refractivity contribution in [3.8, 4) is 0 Å². The molecule has 1 aromatic heterocycles. The van der Waals surface area contributed by atoms with Crippen LogP contribution in [0.3, 0.4) is 0 Å². The normalized spacial score (nSPS) is 27.0. The van der Waals surface area contributed by atoms with Crippen LogP contribution in [0.5, 0.6) is 0 Å². The average Bonchev–Trinajstić information content (AvgIpc) is 3.22. The van der Waals surface area contributed by atoms with Gasteiger partial charge in [-0.15, -0.1) is 0 Å². The van der Waals surface area contributed by atoms with Crippen molar-refractivity contribution in [2.75, 3.05) is 6.61 Å². The van der Waals surface area contributed by atoms with Gasteiger partial charge in [-0.25, -0.2) is 9.59 Å². The number of ether oxygens (including phenoxy) is 3.